The Bertz CT molecular complexity index is 1420. The number of nitrogens with zero attached hydrogens (tertiary/aromatic N) is 2. The van der Waals surface area contributed by atoms with Gasteiger partial charge in [-0.15, -0.1) is 0 Å². The first-order valence-corrected chi connectivity index (χ1v) is 14.8. The summed E-state index contributed by atoms with van der Waals surface area (Å²) in [7, 11) is -2.62. The average molecular weight is 582 g/mol. The summed E-state index contributed by atoms with van der Waals surface area (Å²) in [5, 5.41) is 2.92. The van der Waals surface area contributed by atoms with Gasteiger partial charge in [-0.3, -0.25) is 13.9 Å². The number of hydrogen-bond donors (Lipinski definition) is 1. The lowest BCUT2D eigenvalue weighted by Gasteiger charge is -2.33. The van der Waals surface area contributed by atoms with Gasteiger partial charge in [0.05, 0.1) is 24.3 Å². The minimum absolute atomic E-state index is 0.00970. The summed E-state index contributed by atoms with van der Waals surface area (Å²) in [6.07, 6.45) is 0. The van der Waals surface area contributed by atoms with E-state index >= 15 is 0 Å². The Kier molecular flexibility index (Phi) is 10.4. The Morgan fingerprint density at radius 2 is 1.59 bits per heavy atom. The van der Waals surface area contributed by atoms with E-state index in [-0.39, 0.29) is 17.3 Å². The van der Waals surface area contributed by atoms with E-state index in [1.165, 1.54) is 17.0 Å². The van der Waals surface area contributed by atoms with Crippen LogP contribution in [0.2, 0.25) is 0 Å². The molecule has 0 aliphatic carbocycles. The first-order chi connectivity index (χ1) is 19.4. The zero-order valence-electron chi connectivity index (χ0n) is 24.5. The van der Waals surface area contributed by atoms with Crippen molar-refractivity contribution in [1.82, 2.24) is 10.2 Å². The highest BCUT2D eigenvalue weighted by Gasteiger charge is 2.33. The Morgan fingerprint density at radius 3 is 2.17 bits per heavy atom. The number of sulfonamides is 1. The van der Waals surface area contributed by atoms with Crippen molar-refractivity contribution < 1.29 is 27.5 Å². The summed E-state index contributed by atoms with van der Waals surface area (Å²) in [5.74, 6) is 0.250. The summed E-state index contributed by atoms with van der Waals surface area (Å²) in [6.45, 7) is 9.03. The molecule has 0 heterocycles. The fraction of sp³-hybridized carbons (Fsp3) is 0.355. The van der Waals surface area contributed by atoms with E-state index in [0.717, 1.165) is 9.87 Å². The molecule has 3 rings (SSSR count). The second-order valence-corrected chi connectivity index (χ2v) is 12.4. The topological polar surface area (TPSA) is 105 Å². The van der Waals surface area contributed by atoms with Crippen LogP contribution >= 0.6 is 0 Å². The molecule has 0 saturated carbocycles. The van der Waals surface area contributed by atoms with E-state index < -0.39 is 34.1 Å². The van der Waals surface area contributed by atoms with Gasteiger partial charge in [-0.05, 0) is 88.7 Å². The fourth-order valence-corrected chi connectivity index (χ4v) is 5.56. The van der Waals surface area contributed by atoms with E-state index in [2.05, 4.69) is 5.32 Å². The van der Waals surface area contributed by atoms with Gasteiger partial charge in [0.2, 0.25) is 11.8 Å². The van der Waals surface area contributed by atoms with E-state index in [1.807, 2.05) is 33.8 Å². The third-order valence-electron chi connectivity index (χ3n) is 6.20. The number of rotatable bonds is 12. The monoisotopic (exact) mass is 581 g/mol. The van der Waals surface area contributed by atoms with Crippen LogP contribution in [0.15, 0.2) is 83.8 Å². The van der Waals surface area contributed by atoms with Gasteiger partial charge in [0.1, 0.15) is 24.1 Å². The minimum atomic E-state index is -4.16. The lowest BCUT2D eigenvalue weighted by atomic mass is 10.1. The zero-order valence-corrected chi connectivity index (χ0v) is 25.3. The molecule has 0 saturated heterocycles. The third kappa shape index (κ3) is 8.47. The van der Waals surface area contributed by atoms with Crippen molar-refractivity contribution in [2.75, 3.05) is 24.6 Å². The highest BCUT2D eigenvalue weighted by atomic mass is 32.2. The molecule has 41 heavy (non-hydrogen) atoms. The number of carbonyl (C=O) groups excluding carboxylic acids is 2. The lowest BCUT2D eigenvalue weighted by Crippen LogP contribution is -2.54. The molecule has 3 aromatic carbocycles. The molecule has 0 radical (unpaired) electrons. The van der Waals surface area contributed by atoms with Gasteiger partial charge in [-0.25, -0.2) is 8.42 Å². The van der Waals surface area contributed by atoms with E-state index in [4.69, 9.17) is 9.47 Å². The van der Waals surface area contributed by atoms with Crippen molar-refractivity contribution >= 4 is 27.5 Å². The smallest absolute Gasteiger partial charge is 0.264 e. The Morgan fingerprint density at radius 1 is 0.927 bits per heavy atom. The van der Waals surface area contributed by atoms with Crippen LogP contribution in [0.25, 0.3) is 0 Å². The van der Waals surface area contributed by atoms with Crippen LogP contribution in [0.1, 0.15) is 40.2 Å². The molecular weight excluding hydrogens is 542 g/mol. The molecule has 0 aromatic heterocycles. The summed E-state index contributed by atoms with van der Waals surface area (Å²) < 4.78 is 39.7. The van der Waals surface area contributed by atoms with Gasteiger partial charge in [0.15, 0.2) is 0 Å². The molecule has 0 unspecified atom stereocenters. The zero-order chi connectivity index (χ0) is 30.2. The second kappa shape index (κ2) is 13.5. The fourth-order valence-electron chi connectivity index (χ4n) is 4.15. The molecule has 0 bridgehead atoms. The number of amides is 2. The molecule has 1 atom stereocenters. The molecule has 10 heteroatoms. The summed E-state index contributed by atoms with van der Waals surface area (Å²) in [4.78, 5) is 28.6. The number of ether oxygens (including phenoxy) is 2. The molecule has 0 fully saturated rings. The number of hydrogen-bond acceptors (Lipinski definition) is 6. The maximum atomic E-state index is 14.0. The first-order valence-electron chi connectivity index (χ1n) is 13.4. The number of methoxy groups -OCH3 is 1. The summed E-state index contributed by atoms with van der Waals surface area (Å²) >= 11 is 0. The molecule has 9 nitrogen and oxygen atoms in total. The van der Waals surface area contributed by atoms with Crippen molar-refractivity contribution in [2.45, 2.75) is 57.6 Å². The summed E-state index contributed by atoms with van der Waals surface area (Å²) in [5.41, 5.74) is 0.528. The van der Waals surface area contributed by atoms with Crippen LogP contribution in [0.3, 0.4) is 0 Å². The molecule has 1 N–H and O–H groups in total. The first kappa shape index (κ1) is 31.5. The van der Waals surface area contributed by atoms with Crippen molar-refractivity contribution in [3.8, 4) is 11.5 Å². The molecule has 220 valence electrons. The van der Waals surface area contributed by atoms with E-state index in [9.17, 15) is 18.0 Å². The van der Waals surface area contributed by atoms with Crippen molar-refractivity contribution in [2.24, 2.45) is 0 Å². The molecule has 0 aliphatic rings. The quantitative estimate of drug-likeness (QED) is 0.335. The maximum absolute atomic E-state index is 14.0. The van der Waals surface area contributed by atoms with Crippen LogP contribution in [-0.2, 0) is 26.2 Å². The second-order valence-electron chi connectivity index (χ2n) is 10.5. The van der Waals surface area contributed by atoms with Gasteiger partial charge in [0, 0.05) is 12.1 Å². The predicted molar refractivity (Wildman–Crippen MR) is 159 cm³/mol. The summed E-state index contributed by atoms with van der Waals surface area (Å²) in [6, 6.07) is 20.8. The largest absolute Gasteiger partial charge is 0.497 e. The number of para-hydroxylation sites is 1. The standard InChI is InChI=1S/C31H39N3O6S/c1-7-40-26-16-18-28(19-17-26)41(37,38)34(25-13-9-8-10-14-25)22-29(35)33(23(2)30(36)32-31(3,4)5)21-24-12-11-15-27(20-24)39-6/h8-20,23H,7,21-22H2,1-6H3,(H,32,36)/t23-/m1/s1. The number of nitrogens with one attached hydrogen (secondary N) is 1. The molecule has 0 aliphatic heterocycles. The predicted octanol–water partition coefficient (Wildman–Crippen LogP) is 4.62. The van der Waals surface area contributed by atoms with Crippen molar-refractivity contribution in [1.29, 1.82) is 0 Å². The van der Waals surface area contributed by atoms with Crippen LogP contribution in [-0.4, -0.2) is 57.0 Å². The third-order valence-corrected chi connectivity index (χ3v) is 7.99. The molecule has 2 amide bonds. The van der Waals surface area contributed by atoms with E-state index in [0.29, 0.717) is 23.8 Å². The van der Waals surface area contributed by atoms with Crippen LogP contribution in [0.5, 0.6) is 11.5 Å². The highest BCUT2D eigenvalue weighted by molar-refractivity contribution is 7.92. The Labute approximate surface area is 243 Å². The van der Waals surface area contributed by atoms with Gasteiger partial charge in [0.25, 0.3) is 10.0 Å². The Hall–Kier alpha value is -4.05. The van der Waals surface area contributed by atoms with Crippen LogP contribution < -0.4 is 19.1 Å². The molecule has 0 spiro atoms. The average Bonchev–Trinajstić information content (AvgIpc) is 2.94. The van der Waals surface area contributed by atoms with Crippen LogP contribution in [0.4, 0.5) is 5.69 Å². The number of anilines is 1. The van der Waals surface area contributed by atoms with Crippen molar-refractivity contribution in [3.63, 3.8) is 0 Å². The molecule has 3 aromatic rings. The van der Waals surface area contributed by atoms with Gasteiger partial charge >= 0.3 is 0 Å². The van der Waals surface area contributed by atoms with Gasteiger partial charge < -0.3 is 19.7 Å². The molecular formula is C31H39N3O6S. The normalized spacial score (nSPS) is 12.2. The van der Waals surface area contributed by atoms with Crippen LogP contribution in [0, 0.1) is 0 Å². The maximum Gasteiger partial charge on any atom is 0.264 e. The Balaban J connectivity index is 2.01. The highest BCUT2D eigenvalue weighted by Crippen LogP contribution is 2.26. The minimum Gasteiger partial charge on any atom is -0.497 e. The number of benzene rings is 3. The van der Waals surface area contributed by atoms with Gasteiger partial charge in [-0.2, -0.15) is 0 Å². The number of carbonyl (C=O) groups is 2. The lowest BCUT2D eigenvalue weighted by molar-refractivity contribution is -0.140. The SMILES string of the molecule is CCOc1ccc(S(=O)(=O)N(CC(=O)N(Cc2cccc(OC)c2)[C@H](C)C(=O)NC(C)(C)C)c2ccccc2)cc1. The van der Waals surface area contributed by atoms with E-state index in [1.54, 1.807) is 74.7 Å². The van der Waals surface area contributed by atoms with Crippen molar-refractivity contribution in [3.05, 3.63) is 84.4 Å². The van der Waals surface area contributed by atoms with Gasteiger partial charge in [-0.1, -0.05) is 30.3 Å².